The van der Waals surface area contributed by atoms with Gasteiger partial charge in [-0.1, -0.05) is 0 Å². The molecule has 2 N–H and O–H groups in total. The lowest BCUT2D eigenvalue weighted by Crippen LogP contribution is -2.66. The van der Waals surface area contributed by atoms with Crippen LogP contribution in [0.1, 0.15) is 0 Å². The zero-order valence-corrected chi connectivity index (χ0v) is 7.68. The van der Waals surface area contributed by atoms with Gasteiger partial charge in [-0.15, -0.1) is 0 Å². The number of rotatable bonds is 2. The molecule has 1 atom stereocenters. The van der Waals surface area contributed by atoms with Gasteiger partial charge in [-0.05, 0) is 12.2 Å². The van der Waals surface area contributed by atoms with Crippen LogP contribution in [-0.4, -0.2) is 41.0 Å². The van der Waals surface area contributed by atoms with Gasteiger partial charge in [-0.25, -0.2) is 4.39 Å². The summed E-state index contributed by atoms with van der Waals surface area (Å²) in [6.45, 7) is 0. The maximum atomic E-state index is 13.2. The number of alkyl halides is 7. The van der Waals surface area contributed by atoms with Gasteiger partial charge in [0.05, 0.1) is 0 Å². The Morgan fingerprint density at radius 1 is 0.824 bits per heavy atom. The van der Waals surface area contributed by atoms with Crippen molar-refractivity contribution in [1.82, 2.24) is 0 Å². The zero-order valence-electron chi connectivity index (χ0n) is 7.68. The molecular weight excluding hydrogens is 264 g/mol. The van der Waals surface area contributed by atoms with E-state index in [0.29, 0.717) is 0 Å². The normalized spacial score (nSPS) is 33.5. The Bertz CT molecular complexity index is 345. The molecule has 0 aromatic carbocycles. The van der Waals surface area contributed by atoms with E-state index in [0.717, 1.165) is 0 Å². The quantitative estimate of drug-likeness (QED) is 0.448. The first-order chi connectivity index (χ1) is 7.37. The second kappa shape index (κ2) is 3.59. The molecule has 0 heterocycles. The van der Waals surface area contributed by atoms with Gasteiger partial charge >= 0.3 is 25.1 Å². The highest BCUT2D eigenvalue weighted by molar-refractivity contribution is 6.32. The van der Waals surface area contributed by atoms with Gasteiger partial charge in [-0.3, -0.25) is 0 Å². The second-order valence-corrected chi connectivity index (χ2v) is 3.19. The Balaban J connectivity index is 3.30. The summed E-state index contributed by atoms with van der Waals surface area (Å²) in [5, 5.41) is 16.2. The molecule has 1 aliphatic carbocycles. The van der Waals surface area contributed by atoms with Crippen molar-refractivity contribution in [2.45, 2.75) is 23.6 Å². The van der Waals surface area contributed by atoms with Crippen molar-refractivity contribution in [3.05, 3.63) is 12.2 Å². The minimum absolute atomic E-state index is 0.691. The summed E-state index contributed by atoms with van der Waals surface area (Å²) in [5.74, 6) is -22.1. The molecule has 0 spiro atoms. The second-order valence-electron chi connectivity index (χ2n) is 3.19. The third-order valence-corrected chi connectivity index (χ3v) is 2.03. The molecule has 1 unspecified atom stereocenters. The highest BCUT2D eigenvalue weighted by atomic mass is 19.3. The monoisotopic (exact) mass is 268 g/mol. The van der Waals surface area contributed by atoms with E-state index in [4.69, 9.17) is 10.0 Å². The van der Waals surface area contributed by atoms with E-state index in [1.165, 1.54) is 0 Å². The lowest BCUT2D eigenvalue weighted by Gasteiger charge is -2.41. The van der Waals surface area contributed by atoms with Gasteiger partial charge in [0.2, 0.25) is 0 Å². The fourth-order valence-corrected chi connectivity index (χ4v) is 1.11. The summed E-state index contributed by atoms with van der Waals surface area (Å²) in [6, 6.07) is 0. The molecule has 98 valence electrons. The molecule has 1 rings (SSSR count). The molecule has 0 radical (unpaired) electrons. The number of halogens is 7. The first-order valence-electron chi connectivity index (χ1n) is 3.94. The van der Waals surface area contributed by atoms with Crippen molar-refractivity contribution in [1.29, 1.82) is 0 Å². The summed E-state index contributed by atoms with van der Waals surface area (Å²) in [6.07, 6.45) is -1.52. The van der Waals surface area contributed by atoms with E-state index in [1.807, 2.05) is 0 Å². The van der Waals surface area contributed by atoms with Crippen LogP contribution in [0.5, 0.6) is 0 Å². The van der Waals surface area contributed by atoms with Crippen molar-refractivity contribution in [3.8, 4) is 0 Å². The number of hydrogen-bond donors (Lipinski definition) is 2. The predicted molar refractivity (Wildman–Crippen MR) is 39.1 cm³/mol. The van der Waals surface area contributed by atoms with Gasteiger partial charge in [0.25, 0.3) is 5.85 Å². The fraction of sp³-hybridized carbons (Fsp3) is 0.667. The van der Waals surface area contributed by atoms with Crippen LogP contribution in [0.15, 0.2) is 12.2 Å². The van der Waals surface area contributed by atoms with E-state index < -0.39 is 43.1 Å². The summed E-state index contributed by atoms with van der Waals surface area (Å²) >= 11 is 0. The molecule has 0 aliphatic heterocycles. The smallest absolute Gasteiger partial charge is 0.402 e. The summed E-state index contributed by atoms with van der Waals surface area (Å²) in [4.78, 5) is 0. The van der Waals surface area contributed by atoms with E-state index in [1.54, 1.807) is 0 Å². The third kappa shape index (κ3) is 1.81. The third-order valence-electron chi connectivity index (χ3n) is 2.03. The van der Waals surface area contributed by atoms with Crippen LogP contribution >= 0.6 is 0 Å². The number of allylic oxidation sites excluding steroid dienone is 1. The van der Waals surface area contributed by atoms with Gasteiger partial charge in [-0.2, -0.15) is 26.3 Å². The molecule has 3 nitrogen and oxygen atoms in total. The van der Waals surface area contributed by atoms with E-state index >= 15 is 0 Å². The van der Waals surface area contributed by atoms with Crippen LogP contribution in [0, 0.1) is 0 Å². The maximum absolute atomic E-state index is 13.2. The van der Waals surface area contributed by atoms with Crippen molar-refractivity contribution in [2.24, 2.45) is 0 Å². The predicted octanol–water partition coefficient (Wildman–Crippen LogP) is 1.11. The molecule has 17 heavy (non-hydrogen) atoms. The van der Waals surface area contributed by atoms with Crippen LogP contribution in [0.4, 0.5) is 30.7 Å². The van der Waals surface area contributed by atoms with Crippen molar-refractivity contribution in [3.63, 3.8) is 0 Å². The van der Waals surface area contributed by atoms with Crippen LogP contribution in [0.25, 0.3) is 0 Å². The van der Waals surface area contributed by atoms with Crippen LogP contribution < -0.4 is 0 Å². The average Bonchev–Trinajstić information content (AvgIpc) is 2.11. The fourth-order valence-electron chi connectivity index (χ4n) is 1.11. The van der Waals surface area contributed by atoms with Crippen molar-refractivity contribution in [2.75, 3.05) is 0 Å². The van der Waals surface area contributed by atoms with Gasteiger partial charge in [0.1, 0.15) is 0 Å². The average molecular weight is 268 g/mol. The Kier molecular flexibility index (Phi) is 3.01. The van der Waals surface area contributed by atoms with Gasteiger partial charge < -0.3 is 14.7 Å². The van der Waals surface area contributed by atoms with Crippen LogP contribution in [-0.2, 0) is 4.65 Å². The summed E-state index contributed by atoms with van der Waals surface area (Å²) in [7, 11) is -3.18. The Hall–Kier alpha value is -0.805. The first-order valence-corrected chi connectivity index (χ1v) is 3.94. The van der Waals surface area contributed by atoms with E-state index in [2.05, 4.69) is 4.65 Å². The highest BCUT2D eigenvalue weighted by Gasteiger charge is 2.81. The number of hydrogen-bond acceptors (Lipinski definition) is 3. The molecule has 11 heteroatoms. The highest BCUT2D eigenvalue weighted by Crippen LogP contribution is 2.56. The Morgan fingerprint density at radius 3 is 1.71 bits per heavy atom. The SMILES string of the molecule is OB(O)OC1(F)C=CC(F)(F)C(F)(F)C1(F)F. The van der Waals surface area contributed by atoms with E-state index in [9.17, 15) is 30.7 Å². The standard InChI is InChI=1S/C6H4BF7O3/c8-3(9)1-2-4(10,17-7(15)16)6(13,14)5(3,11)12/h1-2,15-16H. The van der Waals surface area contributed by atoms with Crippen LogP contribution in [0.3, 0.4) is 0 Å². The lowest BCUT2D eigenvalue weighted by molar-refractivity contribution is -0.365. The largest absolute Gasteiger partial charge is 0.636 e. The maximum Gasteiger partial charge on any atom is 0.636 e. The molecule has 0 aromatic heterocycles. The molecule has 0 bridgehead atoms. The molecule has 0 saturated carbocycles. The first kappa shape index (κ1) is 14.3. The molecular formula is C6H4BF7O3. The lowest BCUT2D eigenvalue weighted by atomic mass is 9.90. The topological polar surface area (TPSA) is 49.7 Å². The van der Waals surface area contributed by atoms with Crippen LogP contribution in [0.2, 0.25) is 0 Å². The van der Waals surface area contributed by atoms with Gasteiger partial charge in [0, 0.05) is 0 Å². The molecule has 0 aromatic rings. The molecule has 1 aliphatic rings. The summed E-state index contributed by atoms with van der Waals surface area (Å²) in [5.41, 5.74) is 0. The Morgan fingerprint density at radius 2 is 1.29 bits per heavy atom. The van der Waals surface area contributed by atoms with Crippen molar-refractivity contribution < 1.29 is 45.4 Å². The molecule has 0 fully saturated rings. The minimum atomic E-state index is -6.08. The Labute approximate surface area is 89.7 Å². The van der Waals surface area contributed by atoms with Gasteiger partial charge in [0.15, 0.2) is 0 Å². The zero-order chi connectivity index (χ0) is 13.7. The van der Waals surface area contributed by atoms with E-state index in [-0.39, 0.29) is 0 Å². The van der Waals surface area contributed by atoms with Crippen molar-refractivity contribution >= 4 is 7.32 Å². The molecule has 0 saturated heterocycles. The minimum Gasteiger partial charge on any atom is -0.402 e. The molecule has 0 amide bonds. The summed E-state index contributed by atoms with van der Waals surface area (Å²) < 4.78 is 92.5.